The highest BCUT2D eigenvalue weighted by molar-refractivity contribution is 5.81. The summed E-state index contributed by atoms with van der Waals surface area (Å²) in [6, 6.07) is 0. The Labute approximate surface area is 102 Å². The fourth-order valence-corrected chi connectivity index (χ4v) is 2.63. The Balaban J connectivity index is 1.55. The molecule has 0 aromatic carbocycles. The summed E-state index contributed by atoms with van der Waals surface area (Å²) in [6.07, 6.45) is 9.49. The molecule has 0 radical (unpaired) electrons. The van der Waals surface area contributed by atoms with E-state index < -0.39 is 5.79 Å². The average molecular weight is 240 g/mol. The van der Waals surface area contributed by atoms with E-state index in [1.165, 1.54) is 13.2 Å². The fourth-order valence-electron chi connectivity index (χ4n) is 2.63. The Bertz CT molecular complexity index is 311. The molecule has 0 amide bonds. The highest BCUT2D eigenvalue weighted by atomic mass is 16.7. The molecule has 4 heteroatoms. The predicted molar refractivity (Wildman–Crippen MR) is 62.2 cm³/mol. The van der Waals surface area contributed by atoms with Crippen LogP contribution in [0.1, 0.15) is 38.5 Å². The third-order valence-corrected chi connectivity index (χ3v) is 3.73. The summed E-state index contributed by atoms with van der Waals surface area (Å²) in [5, 5.41) is 9.94. The molecule has 17 heavy (non-hydrogen) atoms. The molecule has 0 unspecified atom stereocenters. The van der Waals surface area contributed by atoms with Gasteiger partial charge in [0, 0.05) is 12.0 Å². The molecule has 2 rings (SSSR count). The number of hydrogen-bond acceptors (Lipinski definition) is 4. The first-order chi connectivity index (χ1) is 8.16. The molecular weight excluding hydrogens is 220 g/mol. The van der Waals surface area contributed by atoms with Gasteiger partial charge in [-0.1, -0.05) is 12.5 Å². The molecule has 0 bridgehead atoms. The van der Waals surface area contributed by atoms with Crippen LogP contribution < -0.4 is 0 Å². The minimum Gasteiger partial charge on any atom is -0.466 e. The third kappa shape index (κ3) is 2.87. The molecule has 1 aliphatic heterocycles. The van der Waals surface area contributed by atoms with Gasteiger partial charge in [0.05, 0.1) is 7.11 Å². The van der Waals surface area contributed by atoms with Gasteiger partial charge in [-0.3, -0.25) is 0 Å². The number of aliphatic hydroxyl groups is 1. The second-order valence-electron chi connectivity index (χ2n) is 4.84. The van der Waals surface area contributed by atoms with Gasteiger partial charge in [0.2, 0.25) is 0 Å². The van der Waals surface area contributed by atoms with Crippen LogP contribution in [0.5, 0.6) is 0 Å². The molecule has 2 aliphatic rings. The first kappa shape index (κ1) is 12.6. The highest BCUT2D eigenvalue weighted by Gasteiger charge is 2.64. The smallest absolute Gasteiger partial charge is 0.330 e. The summed E-state index contributed by atoms with van der Waals surface area (Å²) in [4.78, 5) is 10.8. The summed E-state index contributed by atoms with van der Waals surface area (Å²) >= 11 is 0. The number of fused-ring (bicyclic) bond motifs is 1. The lowest BCUT2D eigenvalue weighted by Crippen LogP contribution is -2.20. The maximum Gasteiger partial charge on any atom is 0.330 e. The minimum atomic E-state index is -0.776. The number of carbonyl (C=O) groups is 1. The van der Waals surface area contributed by atoms with Gasteiger partial charge in [0.15, 0.2) is 5.79 Å². The Hall–Kier alpha value is -0.870. The van der Waals surface area contributed by atoms with Crippen LogP contribution in [-0.2, 0) is 14.3 Å². The quantitative estimate of drug-likeness (QED) is 0.333. The largest absolute Gasteiger partial charge is 0.466 e. The molecule has 1 saturated heterocycles. The summed E-state index contributed by atoms with van der Waals surface area (Å²) in [6.45, 7) is 0. The van der Waals surface area contributed by atoms with Crippen molar-refractivity contribution in [3.05, 3.63) is 12.2 Å². The Morgan fingerprint density at radius 2 is 2.35 bits per heavy atom. The first-order valence-corrected chi connectivity index (χ1v) is 6.31. The van der Waals surface area contributed by atoms with Crippen molar-refractivity contribution in [1.29, 1.82) is 0 Å². The predicted octanol–water partition coefficient (Wildman–Crippen LogP) is 1.77. The van der Waals surface area contributed by atoms with Crippen LogP contribution >= 0.6 is 0 Å². The molecule has 1 saturated carbocycles. The molecular formula is C13H20O4. The lowest BCUT2D eigenvalue weighted by molar-refractivity contribution is -0.134. The van der Waals surface area contributed by atoms with Crippen molar-refractivity contribution in [2.45, 2.75) is 50.4 Å². The Morgan fingerprint density at radius 3 is 2.94 bits per heavy atom. The molecule has 2 fully saturated rings. The van der Waals surface area contributed by atoms with E-state index in [1.54, 1.807) is 0 Å². The number of esters is 1. The van der Waals surface area contributed by atoms with E-state index in [2.05, 4.69) is 4.74 Å². The summed E-state index contributed by atoms with van der Waals surface area (Å²) in [7, 11) is 1.37. The van der Waals surface area contributed by atoms with Crippen LogP contribution in [0.3, 0.4) is 0 Å². The zero-order chi connectivity index (χ0) is 12.3. The number of unbranched alkanes of at least 4 members (excludes halogenated alkanes) is 2. The second kappa shape index (κ2) is 5.19. The van der Waals surface area contributed by atoms with Crippen LogP contribution in [0.2, 0.25) is 0 Å². The van der Waals surface area contributed by atoms with E-state index in [9.17, 15) is 9.90 Å². The number of ether oxygens (including phenoxy) is 2. The van der Waals surface area contributed by atoms with E-state index in [4.69, 9.17) is 4.74 Å². The molecule has 0 aromatic rings. The van der Waals surface area contributed by atoms with Gasteiger partial charge < -0.3 is 14.6 Å². The maximum atomic E-state index is 10.8. The molecule has 0 spiro atoms. The topological polar surface area (TPSA) is 59.1 Å². The number of rotatable bonds is 6. The van der Waals surface area contributed by atoms with E-state index >= 15 is 0 Å². The van der Waals surface area contributed by atoms with Gasteiger partial charge in [-0.15, -0.1) is 0 Å². The fraction of sp³-hybridized carbons (Fsp3) is 0.769. The highest BCUT2D eigenvalue weighted by Crippen LogP contribution is 2.53. The summed E-state index contributed by atoms with van der Waals surface area (Å²) in [5.74, 6) is -0.761. The van der Waals surface area contributed by atoms with Crippen molar-refractivity contribution in [2.75, 3.05) is 7.11 Å². The Kier molecular flexibility index (Phi) is 3.84. The zero-order valence-electron chi connectivity index (χ0n) is 10.2. The number of epoxide rings is 1. The SMILES string of the molecule is COC(=O)C=CCCCC[C@@H]1CC[C@H]2O[C@@]12O. The first-order valence-electron chi connectivity index (χ1n) is 6.31. The third-order valence-electron chi connectivity index (χ3n) is 3.73. The molecule has 3 atom stereocenters. The molecule has 1 aliphatic carbocycles. The van der Waals surface area contributed by atoms with E-state index in [1.807, 2.05) is 6.08 Å². The van der Waals surface area contributed by atoms with Crippen LogP contribution in [-0.4, -0.2) is 30.1 Å². The summed E-state index contributed by atoms with van der Waals surface area (Å²) < 4.78 is 9.75. The van der Waals surface area contributed by atoms with E-state index in [0.717, 1.165) is 38.5 Å². The molecule has 4 nitrogen and oxygen atoms in total. The van der Waals surface area contributed by atoms with Crippen LogP contribution in [0.15, 0.2) is 12.2 Å². The van der Waals surface area contributed by atoms with Crippen LogP contribution in [0, 0.1) is 5.92 Å². The number of allylic oxidation sites excluding steroid dienone is 1. The van der Waals surface area contributed by atoms with Crippen molar-refractivity contribution in [2.24, 2.45) is 5.92 Å². The van der Waals surface area contributed by atoms with Gasteiger partial charge in [-0.2, -0.15) is 0 Å². The van der Waals surface area contributed by atoms with Gasteiger partial charge in [0.25, 0.3) is 0 Å². The molecule has 1 N–H and O–H groups in total. The van der Waals surface area contributed by atoms with Gasteiger partial charge in [-0.05, 0) is 32.1 Å². The standard InChI is InChI=1S/C13H20O4/c1-16-12(14)7-5-3-2-4-6-10-8-9-11-13(10,15)17-11/h5,7,10-11,15H,2-4,6,8-9H2,1H3/t10-,11-,13+/m1/s1. The lowest BCUT2D eigenvalue weighted by Gasteiger charge is -2.14. The molecule has 0 aromatic heterocycles. The van der Waals surface area contributed by atoms with Gasteiger partial charge >= 0.3 is 5.97 Å². The van der Waals surface area contributed by atoms with Crippen molar-refractivity contribution in [1.82, 2.24) is 0 Å². The number of methoxy groups -OCH3 is 1. The monoisotopic (exact) mass is 240 g/mol. The van der Waals surface area contributed by atoms with Gasteiger partial charge in [-0.25, -0.2) is 4.79 Å². The van der Waals surface area contributed by atoms with Crippen LogP contribution in [0.25, 0.3) is 0 Å². The van der Waals surface area contributed by atoms with Crippen LogP contribution in [0.4, 0.5) is 0 Å². The number of carbonyl (C=O) groups excluding carboxylic acids is 1. The maximum absolute atomic E-state index is 10.8. The van der Waals surface area contributed by atoms with E-state index in [-0.39, 0.29) is 12.1 Å². The molecule has 96 valence electrons. The second-order valence-corrected chi connectivity index (χ2v) is 4.84. The zero-order valence-corrected chi connectivity index (χ0v) is 10.2. The minimum absolute atomic E-state index is 0.117. The van der Waals surface area contributed by atoms with E-state index in [0.29, 0.717) is 5.92 Å². The Morgan fingerprint density at radius 1 is 1.53 bits per heavy atom. The van der Waals surface area contributed by atoms with Crippen molar-refractivity contribution in [3.63, 3.8) is 0 Å². The summed E-state index contributed by atoms with van der Waals surface area (Å²) in [5.41, 5.74) is 0. The average Bonchev–Trinajstić information content (AvgIpc) is 2.89. The molecule has 1 heterocycles. The normalized spacial score (nSPS) is 34.9. The van der Waals surface area contributed by atoms with Crippen molar-refractivity contribution in [3.8, 4) is 0 Å². The van der Waals surface area contributed by atoms with Crippen molar-refractivity contribution < 1.29 is 19.4 Å². The number of hydrogen-bond donors (Lipinski definition) is 1. The lowest BCUT2D eigenvalue weighted by atomic mass is 9.97. The van der Waals surface area contributed by atoms with Crippen molar-refractivity contribution >= 4 is 5.97 Å². The van der Waals surface area contributed by atoms with Gasteiger partial charge in [0.1, 0.15) is 6.10 Å².